The van der Waals surface area contributed by atoms with Gasteiger partial charge in [-0.25, -0.2) is 4.98 Å². The van der Waals surface area contributed by atoms with Gasteiger partial charge in [-0.05, 0) is 0 Å². The summed E-state index contributed by atoms with van der Waals surface area (Å²) < 4.78 is 2.87. The summed E-state index contributed by atoms with van der Waals surface area (Å²) in [5, 5.41) is 10.9. The lowest BCUT2D eigenvalue weighted by Crippen LogP contribution is -2.23. The maximum absolute atomic E-state index is 12.0. The molecule has 2 aromatic rings. The first-order chi connectivity index (χ1) is 7.97. The Morgan fingerprint density at radius 1 is 1.47 bits per heavy atom. The van der Waals surface area contributed by atoms with Crippen molar-refractivity contribution in [2.24, 2.45) is 14.1 Å². The van der Waals surface area contributed by atoms with E-state index in [1.807, 2.05) is 6.92 Å². The molecule has 0 aliphatic carbocycles. The molecule has 0 bridgehead atoms. The van der Waals surface area contributed by atoms with Gasteiger partial charge in [0.1, 0.15) is 11.3 Å². The van der Waals surface area contributed by atoms with Gasteiger partial charge in [-0.15, -0.1) is 0 Å². The first-order valence-electron chi connectivity index (χ1n) is 5.16. The number of hydrogen-bond acceptors (Lipinski definition) is 4. The maximum Gasteiger partial charge on any atom is 0.313 e. The number of aryl methyl sites for hydroxylation is 2. The fourth-order valence-electron chi connectivity index (χ4n) is 1.89. The highest BCUT2D eigenvalue weighted by molar-refractivity contribution is 5.84. The highest BCUT2D eigenvalue weighted by atomic mass is 16.6. The summed E-state index contributed by atoms with van der Waals surface area (Å²) in [5.74, 6) is 0.539. The minimum absolute atomic E-state index is 0.130. The van der Waals surface area contributed by atoms with Gasteiger partial charge in [-0.3, -0.25) is 19.5 Å². The van der Waals surface area contributed by atoms with E-state index in [1.165, 1.54) is 15.3 Å². The summed E-state index contributed by atoms with van der Waals surface area (Å²) >= 11 is 0. The standard InChI is InChI=1S/C10H12N4O3/c1-4-7-11-8-6(14(16)17)5-12(2)9(8)10(15)13(7)3/h5H,4H2,1-3H3. The van der Waals surface area contributed by atoms with Gasteiger partial charge in [-0.2, -0.15) is 0 Å². The molecular formula is C10H12N4O3. The summed E-state index contributed by atoms with van der Waals surface area (Å²) in [6.45, 7) is 1.85. The highest BCUT2D eigenvalue weighted by Gasteiger charge is 2.21. The van der Waals surface area contributed by atoms with Crippen LogP contribution in [-0.2, 0) is 20.5 Å². The molecule has 2 heterocycles. The minimum atomic E-state index is -0.520. The second-order valence-electron chi connectivity index (χ2n) is 3.83. The fraction of sp³-hybridized carbons (Fsp3) is 0.400. The fourth-order valence-corrected chi connectivity index (χ4v) is 1.89. The van der Waals surface area contributed by atoms with Crippen molar-refractivity contribution in [3.05, 3.63) is 32.5 Å². The van der Waals surface area contributed by atoms with Gasteiger partial charge in [0.25, 0.3) is 5.56 Å². The van der Waals surface area contributed by atoms with Crippen molar-refractivity contribution in [1.29, 1.82) is 0 Å². The average molecular weight is 236 g/mol. The lowest BCUT2D eigenvalue weighted by molar-refractivity contribution is -0.383. The average Bonchev–Trinajstić information content (AvgIpc) is 2.61. The van der Waals surface area contributed by atoms with Crippen LogP contribution in [0, 0.1) is 10.1 Å². The molecule has 0 saturated heterocycles. The van der Waals surface area contributed by atoms with E-state index in [1.54, 1.807) is 14.1 Å². The third-order valence-corrected chi connectivity index (χ3v) is 2.78. The summed E-state index contributed by atoms with van der Waals surface area (Å²) in [6, 6.07) is 0. The maximum atomic E-state index is 12.0. The number of aromatic nitrogens is 3. The Balaban J connectivity index is 2.99. The quantitative estimate of drug-likeness (QED) is 0.568. The normalized spacial score (nSPS) is 11.0. The Hall–Kier alpha value is -2.18. The van der Waals surface area contributed by atoms with E-state index in [0.717, 1.165) is 0 Å². The van der Waals surface area contributed by atoms with Crippen LogP contribution in [0.1, 0.15) is 12.7 Å². The largest absolute Gasteiger partial charge is 0.338 e. The number of nitro groups is 1. The van der Waals surface area contributed by atoms with Crippen LogP contribution in [0.2, 0.25) is 0 Å². The van der Waals surface area contributed by atoms with Crippen molar-refractivity contribution in [3.8, 4) is 0 Å². The zero-order valence-electron chi connectivity index (χ0n) is 9.80. The molecule has 0 radical (unpaired) electrons. The molecule has 90 valence electrons. The molecule has 0 amide bonds. The molecule has 2 rings (SSSR count). The van der Waals surface area contributed by atoms with Crippen LogP contribution in [0.3, 0.4) is 0 Å². The van der Waals surface area contributed by atoms with Gasteiger partial charge in [-0.1, -0.05) is 6.92 Å². The molecule has 0 fully saturated rings. The van der Waals surface area contributed by atoms with Gasteiger partial charge < -0.3 is 4.57 Å². The molecule has 2 aromatic heterocycles. The minimum Gasteiger partial charge on any atom is -0.338 e. The monoisotopic (exact) mass is 236 g/mol. The predicted molar refractivity (Wildman–Crippen MR) is 62.0 cm³/mol. The third kappa shape index (κ3) is 1.50. The second kappa shape index (κ2) is 3.69. The number of fused-ring (bicyclic) bond motifs is 1. The van der Waals surface area contributed by atoms with Crippen molar-refractivity contribution < 1.29 is 4.92 Å². The SMILES string of the molecule is CCc1nc2c([N+](=O)[O-])cn(C)c2c(=O)n1C. The zero-order valence-corrected chi connectivity index (χ0v) is 9.80. The summed E-state index contributed by atoms with van der Waals surface area (Å²) in [5.41, 5.74) is 0.0335. The highest BCUT2D eigenvalue weighted by Crippen LogP contribution is 2.23. The van der Waals surface area contributed by atoms with E-state index in [-0.39, 0.29) is 22.3 Å². The van der Waals surface area contributed by atoms with Gasteiger partial charge in [0, 0.05) is 20.5 Å². The Bertz CT molecular complexity index is 668. The molecule has 0 aliphatic heterocycles. The zero-order chi connectivity index (χ0) is 12.7. The van der Waals surface area contributed by atoms with Crippen LogP contribution in [0.15, 0.2) is 11.0 Å². The summed E-state index contributed by atoms with van der Waals surface area (Å²) in [6.07, 6.45) is 1.87. The van der Waals surface area contributed by atoms with E-state index in [9.17, 15) is 14.9 Å². The molecule has 17 heavy (non-hydrogen) atoms. The number of rotatable bonds is 2. The molecule has 0 N–H and O–H groups in total. The lowest BCUT2D eigenvalue weighted by atomic mass is 10.3. The first-order valence-corrected chi connectivity index (χ1v) is 5.16. The van der Waals surface area contributed by atoms with Crippen LogP contribution in [0.5, 0.6) is 0 Å². The third-order valence-electron chi connectivity index (χ3n) is 2.78. The molecule has 0 aromatic carbocycles. The molecular weight excluding hydrogens is 224 g/mol. The summed E-state index contributed by atoms with van der Waals surface area (Å²) in [7, 11) is 3.22. The number of nitrogens with zero attached hydrogens (tertiary/aromatic N) is 4. The van der Waals surface area contributed by atoms with Crippen LogP contribution >= 0.6 is 0 Å². The topological polar surface area (TPSA) is 83.0 Å². The van der Waals surface area contributed by atoms with Crippen molar-refractivity contribution in [3.63, 3.8) is 0 Å². The molecule has 0 saturated carbocycles. The first kappa shape index (κ1) is 11.3. The van der Waals surface area contributed by atoms with Crippen molar-refractivity contribution >= 4 is 16.7 Å². The molecule has 7 heteroatoms. The van der Waals surface area contributed by atoms with E-state index in [2.05, 4.69) is 4.98 Å². The smallest absolute Gasteiger partial charge is 0.313 e. The van der Waals surface area contributed by atoms with Crippen LogP contribution in [0.4, 0.5) is 5.69 Å². The van der Waals surface area contributed by atoms with E-state index in [0.29, 0.717) is 12.2 Å². The summed E-state index contributed by atoms with van der Waals surface area (Å²) in [4.78, 5) is 26.6. The van der Waals surface area contributed by atoms with E-state index < -0.39 is 4.92 Å². The van der Waals surface area contributed by atoms with E-state index in [4.69, 9.17) is 0 Å². The Labute approximate surface area is 96.5 Å². The van der Waals surface area contributed by atoms with Crippen LogP contribution in [-0.4, -0.2) is 19.0 Å². The van der Waals surface area contributed by atoms with Crippen LogP contribution in [0.25, 0.3) is 11.0 Å². The van der Waals surface area contributed by atoms with Crippen LogP contribution < -0.4 is 5.56 Å². The lowest BCUT2D eigenvalue weighted by Gasteiger charge is -2.05. The van der Waals surface area contributed by atoms with Crippen molar-refractivity contribution in [1.82, 2.24) is 14.1 Å². The van der Waals surface area contributed by atoms with Gasteiger partial charge in [0.2, 0.25) is 0 Å². The molecule has 0 aliphatic rings. The van der Waals surface area contributed by atoms with E-state index >= 15 is 0 Å². The number of hydrogen-bond donors (Lipinski definition) is 0. The molecule has 7 nitrogen and oxygen atoms in total. The predicted octanol–water partition coefficient (Wildman–Crippen LogP) is 0.743. The van der Waals surface area contributed by atoms with Gasteiger partial charge >= 0.3 is 5.69 Å². The Morgan fingerprint density at radius 3 is 2.65 bits per heavy atom. The Morgan fingerprint density at radius 2 is 2.12 bits per heavy atom. The molecule has 0 unspecified atom stereocenters. The van der Waals surface area contributed by atoms with Crippen molar-refractivity contribution in [2.75, 3.05) is 0 Å². The Kier molecular flexibility index (Phi) is 2.45. The van der Waals surface area contributed by atoms with Gasteiger partial charge in [0.15, 0.2) is 5.52 Å². The van der Waals surface area contributed by atoms with Gasteiger partial charge in [0.05, 0.1) is 11.1 Å². The molecule has 0 atom stereocenters. The molecule has 0 spiro atoms. The van der Waals surface area contributed by atoms with Crippen molar-refractivity contribution in [2.45, 2.75) is 13.3 Å². The second-order valence-corrected chi connectivity index (χ2v) is 3.83.